The van der Waals surface area contributed by atoms with Crippen LogP contribution < -0.4 is 11.1 Å². The molecule has 0 aromatic heterocycles. The van der Waals surface area contributed by atoms with Crippen LogP contribution in [0.15, 0.2) is 0 Å². The van der Waals surface area contributed by atoms with Crippen molar-refractivity contribution in [3.05, 3.63) is 0 Å². The standard InChI is InChI=1S/C12H21N3O4S/c1-4-6(2)9(14-12(13)19)10(16)15-7(3)20-5-8(15)11(17)18/h6-9H,4-5H2,1-3H3,(H,17,18)(H3,13,14,19). The fourth-order valence-electron chi connectivity index (χ4n) is 2.16. The summed E-state index contributed by atoms with van der Waals surface area (Å²) >= 11 is 1.41. The minimum atomic E-state index is -1.03. The lowest BCUT2D eigenvalue weighted by atomic mass is 9.97. The number of carboxylic acid groups (broad SMARTS) is 1. The summed E-state index contributed by atoms with van der Waals surface area (Å²) < 4.78 is 0. The van der Waals surface area contributed by atoms with Crippen LogP contribution in [0.5, 0.6) is 0 Å². The number of rotatable bonds is 5. The zero-order chi connectivity index (χ0) is 15.4. The number of hydrogen-bond donors (Lipinski definition) is 3. The van der Waals surface area contributed by atoms with E-state index in [9.17, 15) is 19.5 Å². The minimum Gasteiger partial charge on any atom is -0.480 e. The summed E-state index contributed by atoms with van der Waals surface area (Å²) in [5.41, 5.74) is 5.11. The molecule has 1 fully saturated rings. The third-order valence-corrected chi connectivity index (χ3v) is 4.76. The Kier molecular flexibility index (Phi) is 5.67. The van der Waals surface area contributed by atoms with Crippen molar-refractivity contribution in [3.63, 3.8) is 0 Å². The number of carboxylic acids is 1. The van der Waals surface area contributed by atoms with Gasteiger partial charge in [0.15, 0.2) is 0 Å². The first-order valence-corrected chi connectivity index (χ1v) is 7.57. The number of amides is 3. The first-order valence-electron chi connectivity index (χ1n) is 6.52. The van der Waals surface area contributed by atoms with Crippen LogP contribution in [0, 0.1) is 5.92 Å². The first kappa shape index (κ1) is 16.6. The van der Waals surface area contributed by atoms with Crippen LogP contribution in [-0.2, 0) is 9.59 Å². The molecule has 8 heteroatoms. The van der Waals surface area contributed by atoms with Crippen molar-refractivity contribution in [1.82, 2.24) is 10.2 Å². The molecule has 1 aliphatic rings. The lowest BCUT2D eigenvalue weighted by Crippen LogP contribution is -2.56. The van der Waals surface area contributed by atoms with Crippen molar-refractivity contribution in [2.45, 2.75) is 44.6 Å². The van der Waals surface area contributed by atoms with Crippen LogP contribution in [0.3, 0.4) is 0 Å². The Hall–Kier alpha value is -1.44. The van der Waals surface area contributed by atoms with Gasteiger partial charge in [0.25, 0.3) is 0 Å². The molecule has 0 aromatic carbocycles. The van der Waals surface area contributed by atoms with Crippen molar-refractivity contribution in [2.24, 2.45) is 11.7 Å². The van der Waals surface area contributed by atoms with Gasteiger partial charge in [-0.1, -0.05) is 20.3 Å². The number of nitrogens with two attached hydrogens (primary N) is 1. The highest BCUT2D eigenvalue weighted by Crippen LogP contribution is 2.30. The second-order valence-electron chi connectivity index (χ2n) is 4.90. The number of hydrogen-bond acceptors (Lipinski definition) is 4. The van der Waals surface area contributed by atoms with E-state index in [-0.39, 0.29) is 17.2 Å². The second-order valence-corrected chi connectivity index (χ2v) is 6.25. The van der Waals surface area contributed by atoms with Gasteiger partial charge in [-0.3, -0.25) is 4.79 Å². The van der Waals surface area contributed by atoms with E-state index in [4.69, 9.17) is 5.73 Å². The van der Waals surface area contributed by atoms with E-state index in [1.807, 2.05) is 13.8 Å². The predicted molar refractivity (Wildman–Crippen MR) is 76.2 cm³/mol. The molecule has 4 N–H and O–H groups in total. The van der Waals surface area contributed by atoms with Crippen LogP contribution >= 0.6 is 11.8 Å². The van der Waals surface area contributed by atoms with Crippen LogP contribution in [0.2, 0.25) is 0 Å². The van der Waals surface area contributed by atoms with Gasteiger partial charge in [0, 0.05) is 5.75 Å². The van der Waals surface area contributed by atoms with E-state index in [2.05, 4.69) is 5.32 Å². The fraction of sp³-hybridized carbons (Fsp3) is 0.750. The average molecular weight is 303 g/mol. The van der Waals surface area contributed by atoms with Crippen LogP contribution in [0.1, 0.15) is 27.2 Å². The molecule has 114 valence electrons. The van der Waals surface area contributed by atoms with Crippen LogP contribution in [-0.4, -0.2) is 51.1 Å². The Labute approximate surface area is 122 Å². The zero-order valence-electron chi connectivity index (χ0n) is 11.8. The van der Waals surface area contributed by atoms with Gasteiger partial charge in [0.05, 0.1) is 5.37 Å². The molecule has 1 heterocycles. The lowest BCUT2D eigenvalue weighted by Gasteiger charge is -2.31. The molecule has 1 rings (SSSR count). The van der Waals surface area contributed by atoms with Crippen molar-refractivity contribution >= 4 is 29.7 Å². The number of carbonyl (C=O) groups is 3. The van der Waals surface area contributed by atoms with Crippen molar-refractivity contribution < 1.29 is 19.5 Å². The molecule has 4 atom stereocenters. The Morgan fingerprint density at radius 1 is 1.50 bits per heavy atom. The molecule has 7 nitrogen and oxygen atoms in total. The Morgan fingerprint density at radius 3 is 2.55 bits per heavy atom. The summed E-state index contributed by atoms with van der Waals surface area (Å²) in [5, 5.41) is 11.4. The summed E-state index contributed by atoms with van der Waals surface area (Å²) in [6.07, 6.45) is 0.670. The topological polar surface area (TPSA) is 113 Å². The van der Waals surface area contributed by atoms with E-state index in [1.165, 1.54) is 16.7 Å². The van der Waals surface area contributed by atoms with Crippen LogP contribution in [0.4, 0.5) is 4.79 Å². The number of nitrogens with one attached hydrogen (secondary N) is 1. The summed E-state index contributed by atoms with van der Waals surface area (Å²) in [7, 11) is 0. The molecule has 0 spiro atoms. The third-order valence-electron chi connectivity index (χ3n) is 3.54. The molecular formula is C12H21N3O4S. The Morgan fingerprint density at radius 2 is 2.10 bits per heavy atom. The number of nitrogens with zero attached hydrogens (tertiary/aromatic N) is 1. The smallest absolute Gasteiger partial charge is 0.327 e. The molecule has 0 aromatic rings. The first-order chi connectivity index (χ1) is 9.29. The summed E-state index contributed by atoms with van der Waals surface area (Å²) in [6, 6.07) is -2.43. The SMILES string of the molecule is CCC(C)C(NC(N)=O)C(=O)N1C(C)SCC1C(=O)O. The van der Waals surface area contributed by atoms with Crippen molar-refractivity contribution in [1.29, 1.82) is 0 Å². The normalized spacial score (nSPS) is 25.1. The number of primary amides is 1. The molecular weight excluding hydrogens is 282 g/mol. The minimum absolute atomic E-state index is 0.123. The molecule has 3 amide bonds. The lowest BCUT2D eigenvalue weighted by molar-refractivity contribution is -0.150. The van der Waals surface area contributed by atoms with E-state index in [0.29, 0.717) is 12.2 Å². The third kappa shape index (κ3) is 3.56. The molecule has 0 aliphatic carbocycles. The number of aliphatic carboxylic acids is 1. The molecule has 20 heavy (non-hydrogen) atoms. The monoisotopic (exact) mass is 303 g/mol. The molecule has 0 radical (unpaired) electrons. The maximum Gasteiger partial charge on any atom is 0.327 e. The zero-order valence-corrected chi connectivity index (χ0v) is 12.6. The summed E-state index contributed by atoms with van der Waals surface area (Å²) in [4.78, 5) is 36.2. The Bertz CT molecular complexity index is 404. The summed E-state index contributed by atoms with van der Waals surface area (Å²) in [5.74, 6) is -1.19. The molecule has 1 aliphatic heterocycles. The molecule has 0 bridgehead atoms. The number of carbonyl (C=O) groups excluding carboxylic acids is 2. The highest BCUT2D eigenvalue weighted by atomic mass is 32.2. The fourth-order valence-corrected chi connectivity index (χ4v) is 3.34. The van der Waals surface area contributed by atoms with Gasteiger partial charge >= 0.3 is 12.0 Å². The quantitative estimate of drug-likeness (QED) is 0.682. The maximum absolute atomic E-state index is 12.6. The highest BCUT2D eigenvalue weighted by molar-refractivity contribution is 8.00. The van der Waals surface area contributed by atoms with E-state index in [0.717, 1.165) is 0 Å². The van der Waals surface area contributed by atoms with E-state index >= 15 is 0 Å². The number of urea groups is 1. The average Bonchev–Trinajstić information content (AvgIpc) is 2.76. The van der Waals surface area contributed by atoms with E-state index in [1.54, 1.807) is 6.92 Å². The largest absolute Gasteiger partial charge is 0.480 e. The number of thioether (sulfide) groups is 1. The second kappa shape index (κ2) is 6.83. The van der Waals surface area contributed by atoms with Gasteiger partial charge in [-0.25, -0.2) is 9.59 Å². The molecule has 0 saturated carbocycles. The van der Waals surface area contributed by atoms with Gasteiger partial charge in [0.1, 0.15) is 12.1 Å². The van der Waals surface area contributed by atoms with Gasteiger partial charge in [-0.2, -0.15) is 0 Å². The molecule has 1 saturated heterocycles. The predicted octanol–water partition coefficient (Wildman–Crippen LogP) is 0.444. The molecule has 4 unspecified atom stereocenters. The van der Waals surface area contributed by atoms with Crippen LogP contribution in [0.25, 0.3) is 0 Å². The summed E-state index contributed by atoms with van der Waals surface area (Å²) in [6.45, 7) is 5.50. The van der Waals surface area contributed by atoms with Gasteiger partial charge in [0.2, 0.25) is 5.91 Å². The van der Waals surface area contributed by atoms with Gasteiger partial charge in [-0.05, 0) is 12.8 Å². The maximum atomic E-state index is 12.6. The van der Waals surface area contributed by atoms with Gasteiger partial charge < -0.3 is 21.1 Å². The van der Waals surface area contributed by atoms with Crippen molar-refractivity contribution in [3.8, 4) is 0 Å². The highest BCUT2D eigenvalue weighted by Gasteiger charge is 2.43. The Balaban J connectivity index is 2.97. The van der Waals surface area contributed by atoms with Gasteiger partial charge in [-0.15, -0.1) is 11.8 Å². The van der Waals surface area contributed by atoms with E-state index < -0.39 is 24.1 Å². The van der Waals surface area contributed by atoms with Crippen molar-refractivity contribution in [2.75, 3.05) is 5.75 Å².